The van der Waals surface area contributed by atoms with Crippen LogP contribution in [-0.4, -0.2) is 42.9 Å². The molecule has 1 atom stereocenters. The zero-order valence-electron chi connectivity index (χ0n) is 26.2. The lowest BCUT2D eigenvalue weighted by Gasteiger charge is -2.22. The van der Waals surface area contributed by atoms with Crippen molar-refractivity contribution >= 4 is 45.7 Å². The lowest BCUT2D eigenvalue weighted by Crippen LogP contribution is -2.31. The molecular formula is C35H32F3N5O2S2. The van der Waals surface area contributed by atoms with E-state index in [1.807, 2.05) is 37.3 Å². The molecule has 1 amide bonds. The van der Waals surface area contributed by atoms with Gasteiger partial charge in [-0.2, -0.15) is 0 Å². The zero-order valence-corrected chi connectivity index (χ0v) is 27.8. The van der Waals surface area contributed by atoms with E-state index in [0.29, 0.717) is 40.3 Å². The summed E-state index contributed by atoms with van der Waals surface area (Å²) >= 11 is 7.05. The molecule has 1 fully saturated rings. The number of hydrogen-bond acceptors (Lipinski definition) is 6. The number of alkyl halides is 3. The number of hydrogen-bond donors (Lipinski definition) is 0. The van der Waals surface area contributed by atoms with E-state index in [2.05, 4.69) is 59.6 Å². The molecule has 242 valence electrons. The number of carbonyl (C=O) groups is 1. The first-order valence-corrected chi connectivity index (χ1v) is 16.3. The Bertz CT molecular complexity index is 1870. The quantitative estimate of drug-likeness (QED) is 0.138. The van der Waals surface area contributed by atoms with Crippen LogP contribution < -0.4 is 9.64 Å². The average Bonchev–Trinajstić information content (AvgIpc) is 3.64. The van der Waals surface area contributed by atoms with Crippen LogP contribution in [-0.2, 0) is 4.79 Å². The van der Waals surface area contributed by atoms with Gasteiger partial charge in [0.1, 0.15) is 17.1 Å². The Morgan fingerprint density at radius 1 is 1.11 bits per heavy atom. The molecule has 12 heteroatoms. The molecule has 1 aliphatic rings. The first-order valence-electron chi connectivity index (χ1n) is 14.9. The molecule has 4 aromatic rings. The Morgan fingerprint density at radius 2 is 1.87 bits per heavy atom. The summed E-state index contributed by atoms with van der Waals surface area (Å²) in [4.78, 5) is 24.2. The van der Waals surface area contributed by atoms with Gasteiger partial charge in [-0.3, -0.25) is 9.69 Å². The van der Waals surface area contributed by atoms with Gasteiger partial charge in [-0.15, -0.1) is 18.3 Å². The molecule has 1 unspecified atom stereocenters. The van der Waals surface area contributed by atoms with E-state index in [0.717, 1.165) is 27.9 Å². The molecule has 0 saturated carbocycles. The van der Waals surface area contributed by atoms with Crippen LogP contribution in [0.25, 0.3) is 17.1 Å². The number of amidine groups is 1. The van der Waals surface area contributed by atoms with Crippen LogP contribution in [0.4, 0.5) is 18.9 Å². The third-order valence-electron chi connectivity index (χ3n) is 7.19. The van der Waals surface area contributed by atoms with E-state index in [-0.39, 0.29) is 23.5 Å². The minimum atomic E-state index is -4.75. The molecule has 0 radical (unpaired) electrons. The molecule has 1 saturated heterocycles. The van der Waals surface area contributed by atoms with Gasteiger partial charge in [0, 0.05) is 24.0 Å². The maximum atomic E-state index is 12.9. The highest BCUT2D eigenvalue weighted by molar-refractivity contribution is 8.15. The van der Waals surface area contributed by atoms with Crippen molar-refractivity contribution in [2.45, 2.75) is 52.8 Å². The third kappa shape index (κ3) is 8.87. The predicted octanol–water partition coefficient (Wildman–Crippen LogP) is 8.50. The Kier molecular flexibility index (Phi) is 10.5. The maximum absolute atomic E-state index is 12.9. The summed E-state index contributed by atoms with van der Waals surface area (Å²) in [5.74, 6) is 7.30. The number of ether oxygens (including phenoxy) is 1. The van der Waals surface area contributed by atoms with Crippen molar-refractivity contribution in [3.05, 3.63) is 89.7 Å². The minimum Gasteiger partial charge on any atom is -0.406 e. The fourth-order valence-electron chi connectivity index (χ4n) is 4.92. The lowest BCUT2D eigenvalue weighted by atomic mass is 9.99. The van der Waals surface area contributed by atoms with E-state index in [1.54, 1.807) is 4.90 Å². The molecule has 3 aromatic carbocycles. The first kappa shape index (κ1) is 33.9. The van der Waals surface area contributed by atoms with Crippen LogP contribution in [0.2, 0.25) is 0 Å². The Labute approximate surface area is 281 Å². The largest absolute Gasteiger partial charge is 0.573 e. The summed E-state index contributed by atoms with van der Waals surface area (Å²) in [7, 11) is 0. The maximum Gasteiger partial charge on any atom is 0.573 e. The number of amides is 1. The molecule has 0 aliphatic carbocycles. The summed E-state index contributed by atoms with van der Waals surface area (Å²) in [5, 5.41) is 5.08. The van der Waals surface area contributed by atoms with Gasteiger partial charge in [0.05, 0.1) is 17.1 Å². The van der Waals surface area contributed by atoms with Gasteiger partial charge in [0.15, 0.2) is 11.0 Å². The summed E-state index contributed by atoms with van der Waals surface area (Å²) in [6, 6.07) is 19.0. The second-order valence-corrected chi connectivity index (χ2v) is 12.9. The van der Waals surface area contributed by atoms with Crippen molar-refractivity contribution in [2.24, 2.45) is 10.9 Å². The second-order valence-electron chi connectivity index (χ2n) is 11.5. The molecule has 2 heterocycles. The number of aromatic nitrogens is 3. The van der Waals surface area contributed by atoms with Gasteiger partial charge in [0.25, 0.3) is 0 Å². The topological polar surface area (TPSA) is 72.6 Å². The van der Waals surface area contributed by atoms with Crippen molar-refractivity contribution in [2.75, 3.05) is 10.7 Å². The smallest absolute Gasteiger partial charge is 0.406 e. The van der Waals surface area contributed by atoms with Crippen molar-refractivity contribution in [1.82, 2.24) is 14.8 Å². The van der Waals surface area contributed by atoms with Crippen LogP contribution in [0.15, 0.2) is 78.0 Å². The standard InChI is InChI=1S/C35H32F3N5O2S2/c1-22(2)29-16-11-24(4)17-30(29)43-32(44)20-47-34(43)40-31(46)18-23(3)7-5-8-25-9-6-10-26(19-25)33-39-21-42(41-33)27-12-14-28(15-13-27)45-35(36,37)38/h6,9-17,19,21-23H,7,18,20H2,1-4H3. The summed E-state index contributed by atoms with van der Waals surface area (Å²) in [6.45, 7) is 8.30. The fourth-order valence-corrected chi connectivity index (χ4v) is 6.24. The lowest BCUT2D eigenvalue weighted by molar-refractivity contribution is -0.274. The molecule has 0 bridgehead atoms. The Hall–Kier alpha value is -4.47. The predicted molar refractivity (Wildman–Crippen MR) is 184 cm³/mol. The molecule has 1 aromatic heterocycles. The molecule has 7 nitrogen and oxygen atoms in total. The highest BCUT2D eigenvalue weighted by atomic mass is 32.2. The fraction of sp³-hybridized carbons (Fsp3) is 0.286. The van der Waals surface area contributed by atoms with Crippen molar-refractivity contribution in [3.8, 4) is 34.7 Å². The minimum absolute atomic E-state index is 0.000719. The normalized spacial score (nSPS) is 14.8. The number of nitrogens with zero attached hydrogens (tertiary/aromatic N) is 5. The third-order valence-corrected chi connectivity index (χ3v) is 8.37. The molecule has 0 spiro atoms. The van der Waals surface area contributed by atoms with Crippen LogP contribution in [0.3, 0.4) is 0 Å². The molecule has 5 rings (SSSR count). The van der Waals surface area contributed by atoms with Gasteiger partial charge >= 0.3 is 6.36 Å². The first-order chi connectivity index (χ1) is 22.4. The number of benzene rings is 3. The van der Waals surface area contributed by atoms with E-state index in [4.69, 9.17) is 17.2 Å². The van der Waals surface area contributed by atoms with Crippen molar-refractivity contribution < 1.29 is 22.7 Å². The van der Waals surface area contributed by atoms with Crippen molar-refractivity contribution in [3.63, 3.8) is 0 Å². The number of halogens is 3. The molecule has 0 N–H and O–H groups in total. The number of thiocarbonyl (C=S) groups is 1. The molecular weight excluding hydrogens is 644 g/mol. The van der Waals surface area contributed by atoms with Gasteiger partial charge in [-0.05, 0) is 72.4 Å². The van der Waals surface area contributed by atoms with Gasteiger partial charge in [-0.1, -0.05) is 80.9 Å². The van der Waals surface area contributed by atoms with Gasteiger partial charge < -0.3 is 4.74 Å². The van der Waals surface area contributed by atoms with E-state index in [9.17, 15) is 18.0 Å². The monoisotopic (exact) mass is 675 g/mol. The Balaban J connectivity index is 1.21. The van der Waals surface area contributed by atoms with Crippen LogP contribution in [0.5, 0.6) is 5.75 Å². The average molecular weight is 676 g/mol. The molecule has 1 aliphatic heterocycles. The highest BCUT2D eigenvalue weighted by Gasteiger charge is 2.32. The van der Waals surface area contributed by atoms with Crippen molar-refractivity contribution in [1.29, 1.82) is 0 Å². The number of anilines is 1. The zero-order chi connectivity index (χ0) is 33.7. The number of thioether (sulfide) groups is 1. The van der Waals surface area contributed by atoms with E-state index < -0.39 is 6.36 Å². The summed E-state index contributed by atoms with van der Waals surface area (Å²) in [6.07, 6.45) is -2.10. The SMILES string of the molecule is Cc1ccc(C(C)C)c(N2C(=O)CSC2=NC(=S)CC(C)CC#Cc2cccc(-c3ncn(-c4ccc(OC(F)(F)F)cc4)n3)c2)c1. The second kappa shape index (κ2) is 14.5. The molecule has 47 heavy (non-hydrogen) atoms. The summed E-state index contributed by atoms with van der Waals surface area (Å²) in [5.41, 5.74) is 5.11. The summed E-state index contributed by atoms with van der Waals surface area (Å²) < 4.78 is 42.8. The highest BCUT2D eigenvalue weighted by Crippen LogP contribution is 2.34. The van der Waals surface area contributed by atoms with E-state index >= 15 is 0 Å². The Morgan fingerprint density at radius 3 is 2.60 bits per heavy atom. The number of rotatable bonds is 8. The number of carbonyl (C=O) groups excluding carboxylic acids is 1. The number of aryl methyl sites for hydroxylation is 1. The van der Waals surface area contributed by atoms with Crippen LogP contribution in [0.1, 0.15) is 56.2 Å². The van der Waals surface area contributed by atoms with E-state index in [1.165, 1.54) is 47.0 Å². The van der Waals surface area contributed by atoms with Gasteiger partial charge in [-0.25, -0.2) is 14.7 Å². The number of aliphatic imine (C=N–C) groups is 1. The van der Waals surface area contributed by atoms with Crippen LogP contribution >= 0.6 is 24.0 Å². The van der Waals surface area contributed by atoms with Gasteiger partial charge in [0.2, 0.25) is 5.91 Å². The van der Waals surface area contributed by atoms with Crippen LogP contribution in [0, 0.1) is 24.7 Å².